The monoisotopic (exact) mass is 281 g/mol. The molecule has 0 aliphatic rings. The summed E-state index contributed by atoms with van der Waals surface area (Å²) >= 11 is 3.34. The molecule has 3 nitrogen and oxygen atoms in total. The number of allylic oxidation sites excluding steroid dienone is 1. The Morgan fingerprint density at radius 3 is 2.50 bits per heavy atom. The first-order valence-electron chi connectivity index (χ1n) is 4.75. The van der Waals surface area contributed by atoms with E-state index in [1.807, 2.05) is 24.3 Å². The molecule has 1 aromatic rings. The van der Waals surface area contributed by atoms with Gasteiger partial charge < -0.3 is 5.32 Å². The van der Waals surface area contributed by atoms with E-state index in [2.05, 4.69) is 21.2 Å². The van der Waals surface area contributed by atoms with Gasteiger partial charge in [0.1, 0.15) is 0 Å². The summed E-state index contributed by atoms with van der Waals surface area (Å²) in [5.41, 5.74) is 1.15. The third kappa shape index (κ3) is 3.98. The van der Waals surface area contributed by atoms with Crippen LogP contribution in [0.5, 0.6) is 0 Å². The zero-order valence-corrected chi connectivity index (χ0v) is 10.7. The fourth-order valence-electron chi connectivity index (χ4n) is 1.18. The van der Waals surface area contributed by atoms with Gasteiger partial charge in [0.25, 0.3) is 0 Å². The minimum Gasteiger partial charge on any atom is -0.323 e. The van der Waals surface area contributed by atoms with Crippen LogP contribution in [-0.4, -0.2) is 11.7 Å². The molecule has 0 fully saturated rings. The van der Waals surface area contributed by atoms with Gasteiger partial charge in [-0.25, -0.2) is 0 Å². The molecule has 1 rings (SSSR count). The predicted octanol–water partition coefficient (Wildman–Crippen LogP) is 2.52. The van der Waals surface area contributed by atoms with Crippen molar-refractivity contribution >= 4 is 33.7 Å². The molecule has 0 saturated heterocycles. The van der Waals surface area contributed by atoms with E-state index in [0.717, 1.165) is 10.0 Å². The van der Waals surface area contributed by atoms with Crippen molar-refractivity contribution in [2.75, 3.05) is 0 Å². The molecule has 0 unspecified atom stereocenters. The Hall–Kier alpha value is -1.42. The number of ketones is 1. The molecule has 16 heavy (non-hydrogen) atoms. The summed E-state index contributed by atoms with van der Waals surface area (Å²) in [4.78, 5) is 22.2. The summed E-state index contributed by atoms with van der Waals surface area (Å²) in [6.07, 6.45) is 1.65. The molecule has 0 bridgehead atoms. The summed E-state index contributed by atoms with van der Waals surface area (Å²) < 4.78 is 0.923. The normalized spacial score (nSPS) is 11.1. The van der Waals surface area contributed by atoms with Crippen LogP contribution in [-0.2, 0) is 9.59 Å². The Bertz CT molecular complexity index is 452. The van der Waals surface area contributed by atoms with Crippen molar-refractivity contribution in [1.82, 2.24) is 5.32 Å². The molecule has 0 heterocycles. The zero-order chi connectivity index (χ0) is 12.1. The van der Waals surface area contributed by atoms with Gasteiger partial charge >= 0.3 is 0 Å². The van der Waals surface area contributed by atoms with Gasteiger partial charge in [0, 0.05) is 18.3 Å². The van der Waals surface area contributed by atoms with E-state index in [1.165, 1.54) is 13.8 Å². The molecule has 0 atom stereocenters. The maximum Gasteiger partial charge on any atom is 0.221 e. The van der Waals surface area contributed by atoms with Crippen LogP contribution in [0.3, 0.4) is 0 Å². The molecule has 0 aliphatic heterocycles. The maximum atomic E-state index is 11.3. The number of hydrogen-bond donors (Lipinski definition) is 1. The number of halogens is 1. The quantitative estimate of drug-likeness (QED) is 0.866. The number of nitrogens with one attached hydrogen (secondary N) is 1. The fraction of sp³-hybridized carbons (Fsp3) is 0.167. The van der Waals surface area contributed by atoms with Gasteiger partial charge in [0.05, 0.1) is 5.70 Å². The van der Waals surface area contributed by atoms with Gasteiger partial charge in [-0.15, -0.1) is 0 Å². The highest BCUT2D eigenvalue weighted by Crippen LogP contribution is 2.14. The molecule has 0 saturated carbocycles. The second-order valence-electron chi connectivity index (χ2n) is 3.35. The Labute approximate surface area is 103 Å². The summed E-state index contributed by atoms with van der Waals surface area (Å²) in [7, 11) is 0. The fourth-order valence-corrected chi connectivity index (χ4v) is 1.60. The SMILES string of the molecule is CC(=O)NC(=Cc1cccc(Br)c1)C(C)=O. The lowest BCUT2D eigenvalue weighted by Crippen LogP contribution is -2.23. The predicted molar refractivity (Wildman–Crippen MR) is 66.6 cm³/mol. The van der Waals surface area contributed by atoms with E-state index < -0.39 is 0 Å². The van der Waals surface area contributed by atoms with Crippen molar-refractivity contribution < 1.29 is 9.59 Å². The molecule has 0 aromatic heterocycles. The highest BCUT2D eigenvalue weighted by atomic mass is 79.9. The van der Waals surface area contributed by atoms with Crippen molar-refractivity contribution in [2.24, 2.45) is 0 Å². The average molecular weight is 282 g/mol. The molecule has 0 aliphatic carbocycles. The van der Waals surface area contributed by atoms with Crippen LogP contribution in [0, 0.1) is 0 Å². The van der Waals surface area contributed by atoms with Crippen LogP contribution >= 0.6 is 15.9 Å². The minimum atomic E-state index is -0.253. The molecule has 0 radical (unpaired) electrons. The Morgan fingerprint density at radius 2 is 2.00 bits per heavy atom. The molecule has 84 valence electrons. The third-order valence-electron chi connectivity index (χ3n) is 1.85. The molecular formula is C12H12BrNO2. The standard InChI is InChI=1S/C12H12BrNO2/c1-8(15)12(14-9(2)16)7-10-4-3-5-11(13)6-10/h3-7H,1-2H3,(H,14,16). The molecule has 1 N–H and O–H groups in total. The van der Waals surface area contributed by atoms with Crippen LogP contribution in [0.15, 0.2) is 34.4 Å². The topological polar surface area (TPSA) is 46.2 Å². The summed E-state index contributed by atoms with van der Waals surface area (Å²) in [5.74, 6) is -0.424. The smallest absolute Gasteiger partial charge is 0.221 e. The highest BCUT2D eigenvalue weighted by Gasteiger charge is 2.05. The van der Waals surface area contributed by atoms with Crippen LogP contribution in [0.25, 0.3) is 6.08 Å². The van der Waals surface area contributed by atoms with E-state index in [1.54, 1.807) is 6.08 Å². The summed E-state index contributed by atoms with van der Waals surface area (Å²) in [5, 5.41) is 2.50. The third-order valence-corrected chi connectivity index (χ3v) is 2.34. The largest absolute Gasteiger partial charge is 0.323 e. The minimum absolute atomic E-state index is 0.171. The van der Waals surface area contributed by atoms with Crippen molar-refractivity contribution in [3.8, 4) is 0 Å². The second kappa shape index (κ2) is 5.61. The van der Waals surface area contributed by atoms with Gasteiger partial charge in [-0.1, -0.05) is 28.1 Å². The first kappa shape index (κ1) is 12.6. The lowest BCUT2D eigenvalue weighted by molar-refractivity contribution is -0.120. The molecule has 1 amide bonds. The van der Waals surface area contributed by atoms with Gasteiger partial charge in [0.2, 0.25) is 5.91 Å². The molecule has 4 heteroatoms. The van der Waals surface area contributed by atoms with Gasteiger partial charge in [-0.3, -0.25) is 9.59 Å². The zero-order valence-electron chi connectivity index (χ0n) is 9.08. The Kier molecular flexibility index (Phi) is 4.43. The van der Waals surface area contributed by atoms with Crippen molar-refractivity contribution in [1.29, 1.82) is 0 Å². The van der Waals surface area contributed by atoms with Gasteiger partial charge in [0.15, 0.2) is 5.78 Å². The summed E-state index contributed by atoms with van der Waals surface area (Å²) in [6.45, 7) is 2.79. The molecule has 1 aromatic carbocycles. The average Bonchev–Trinajstić information content (AvgIpc) is 2.15. The first-order valence-corrected chi connectivity index (χ1v) is 5.54. The number of carbonyl (C=O) groups excluding carboxylic acids is 2. The number of hydrogen-bond acceptors (Lipinski definition) is 2. The number of amides is 1. The van der Waals surface area contributed by atoms with Gasteiger partial charge in [-0.2, -0.15) is 0 Å². The first-order chi connectivity index (χ1) is 7.49. The summed E-state index contributed by atoms with van der Waals surface area (Å²) in [6, 6.07) is 7.48. The Balaban J connectivity index is 3.02. The number of benzene rings is 1. The van der Waals surface area contributed by atoms with Crippen molar-refractivity contribution in [2.45, 2.75) is 13.8 Å². The highest BCUT2D eigenvalue weighted by molar-refractivity contribution is 9.10. The lowest BCUT2D eigenvalue weighted by Gasteiger charge is -2.04. The van der Waals surface area contributed by atoms with Crippen LogP contribution in [0.4, 0.5) is 0 Å². The van der Waals surface area contributed by atoms with Gasteiger partial charge in [-0.05, 0) is 23.8 Å². The van der Waals surface area contributed by atoms with E-state index in [9.17, 15) is 9.59 Å². The van der Waals surface area contributed by atoms with Crippen LogP contribution in [0.1, 0.15) is 19.4 Å². The van der Waals surface area contributed by atoms with Crippen LogP contribution in [0.2, 0.25) is 0 Å². The number of carbonyl (C=O) groups is 2. The Morgan fingerprint density at radius 1 is 1.31 bits per heavy atom. The van der Waals surface area contributed by atoms with Crippen molar-refractivity contribution in [3.63, 3.8) is 0 Å². The maximum absolute atomic E-state index is 11.3. The molecular weight excluding hydrogens is 270 g/mol. The van der Waals surface area contributed by atoms with E-state index in [-0.39, 0.29) is 11.7 Å². The lowest BCUT2D eigenvalue weighted by atomic mass is 10.1. The van der Waals surface area contributed by atoms with E-state index in [4.69, 9.17) is 0 Å². The van der Waals surface area contributed by atoms with E-state index >= 15 is 0 Å². The van der Waals surface area contributed by atoms with E-state index in [0.29, 0.717) is 5.70 Å². The number of Topliss-reactive ketones (excluding diaryl/α,β-unsaturated/α-hetero) is 1. The number of rotatable bonds is 3. The molecule has 0 spiro atoms. The van der Waals surface area contributed by atoms with Crippen molar-refractivity contribution in [3.05, 3.63) is 40.0 Å². The second-order valence-corrected chi connectivity index (χ2v) is 4.27. The van der Waals surface area contributed by atoms with Crippen LogP contribution < -0.4 is 5.32 Å².